The van der Waals surface area contributed by atoms with Gasteiger partial charge in [0.25, 0.3) is 0 Å². The van der Waals surface area contributed by atoms with E-state index < -0.39 is 5.91 Å². The van der Waals surface area contributed by atoms with E-state index in [1.807, 2.05) is 32.9 Å². The quantitative estimate of drug-likeness (QED) is 0.375. The molecular formula is C21H23ClN2O3S. The number of phenolic OH excluding ortho intramolecular Hbond substituents is 1. The van der Waals surface area contributed by atoms with Crippen molar-refractivity contribution >= 4 is 46.6 Å². The minimum atomic E-state index is -0.397. The number of methoxy groups -OCH3 is 1. The normalized spacial score (nSPS) is 11.3. The molecule has 0 aliphatic rings. The second-order valence-electron chi connectivity index (χ2n) is 7.15. The van der Waals surface area contributed by atoms with Crippen molar-refractivity contribution in [2.75, 3.05) is 12.4 Å². The number of benzene rings is 2. The first-order valence-corrected chi connectivity index (χ1v) is 9.36. The van der Waals surface area contributed by atoms with Crippen LogP contribution in [-0.4, -0.2) is 23.2 Å². The van der Waals surface area contributed by atoms with Crippen LogP contribution >= 0.6 is 23.8 Å². The number of nitrogens with one attached hydrogen (secondary N) is 2. The highest BCUT2D eigenvalue weighted by atomic mass is 35.5. The first-order valence-electron chi connectivity index (χ1n) is 8.57. The van der Waals surface area contributed by atoms with Gasteiger partial charge in [-0.3, -0.25) is 10.1 Å². The Morgan fingerprint density at radius 3 is 2.43 bits per heavy atom. The van der Waals surface area contributed by atoms with Crippen LogP contribution < -0.4 is 15.4 Å². The number of carbonyl (C=O) groups is 1. The minimum absolute atomic E-state index is 0.0572. The summed E-state index contributed by atoms with van der Waals surface area (Å²) in [5.41, 5.74) is 1.94. The number of hydrogen-bond acceptors (Lipinski definition) is 4. The lowest BCUT2D eigenvalue weighted by atomic mass is 9.87. The molecule has 7 heteroatoms. The molecule has 0 aliphatic carbocycles. The molecule has 0 aliphatic heterocycles. The molecule has 1 amide bonds. The molecule has 0 radical (unpaired) electrons. The zero-order valence-electron chi connectivity index (χ0n) is 16.2. The van der Waals surface area contributed by atoms with Gasteiger partial charge in [0.2, 0.25) is 5.91 Å². The second kappa shape index (κ2) is 9.08. The van der Waals surface area contributed by atoms with Gasteiger partial charge in [0.05, 0.1) is 17.8 Å². The van der Waals surface area contributed by atoms with Crippen molar-refractivity contribution in [3.05, 3.63) is 58.6 Å². The number of hydrogen-bond donors (Lipinski definition) is 3. The highest BCUT2D eigenvalue weighted by Gasteiger charge is 2.18. The Bertz CT molecular complexity index is 903. The van der Waals surface area contributed by atoms with E-state index in [2.05, 4.69) is 10.6 Å². The van der Waals surface area contributed by atoms with Gasteiger partial charge in [-0.15, -0.1) is 0 Å². The fraction of sp³-hybridized carbons (Fsp3) is 0.238. The van der Waals surface area contributed by atoms with Crippen LogP contribution in [0.3, 0.4) is 0 Å². The monoisotopic (exact) mass is 418 g/mol. The third-order valence-electron chi connectivity index (χ3n) is 3.96. The van der Waals surface area contributed by atoms with E-state index >= 15 is 0 Å². The number of halogens is 1. The molecule has 2 aromatic carbocycles. The second-order valence-corrected chi connectivity index (χ2v) is 7.97. The maximum absolute atomic E-state index is 12.1. The number of ether oxygens (including phenoxy) is 1. The Morgan fingerprint density at radius 1 is 1.21 bits per heavy atom. The number of rotatable bonds is 4. The summed E-state index contributed by atoms with van der Waals surface area (Å²) in [6.45, 7) is 6.09. The Balaban J connectivity index is 2.04. The number of phenols is 1. The van der Waals surface area contributed by atoms with Gasteiger partial charge in [-0.05, 0) is 59.1 Å². The van der Waals surface area contributed by atoms with Crippen molar-refractivity contribution in [1.29, 1.82) is 0 Å². The van der Waals surface area contributed by atoms with Crippen molar-refractivity contribution in [2.24, 2.45) is 0 Å². The lowest BCUT2D eigenvalue weighted by molar-refractivity contribution is -0.115. The number of carbonyl (C=O) groups excluding carboxylic acids is 1. The Morgan fingerprint density at radius 2 is 1.86 bits per heavy atom. The first kappa shape index (κ1) is 21.7. The third kappa shape index (κ3) is 5.97. The Hall–Kier alpha value is -2.57. The van der Waals surface area contributed by atoms with E-state index in [0.717, 1.165) is 16.9 Å². The zero-order valence-corrected chi connectivity index (χ0v) is 17.7. The molecule has 0 spiro atoms. The summed E-state index contributed by atoms with van der Waals surface area (Å²) in [7, 11) is 1.59. The molecule has 5 nitrogen and oxygen atoms in total. The average molecular weight is 419 g/mol. The lowest BCUT2D eigenvalue weighted by Gasteiger charge is -2.21. The summed E-state index contributed by atoms with van der Waals surface area (Å²) in [5, 5.41) is 15.8. The van der Waals surface area contributed by atoms with E-state index in [0.29, 0.717) is 5.69 Å². The molecule has 0 saturated heterocycles. The minimum Gasteiger partial charge on any atom is -0.504 e. The lowest BCUT2D eigenvalue weighted by Crippen LogP contribution is -2.33. The molecular weight excluding hydrogens is 396 g/mol. The van der Waals surface area contributed by atoms with E-state index in [-0.39, 0.29) is 21.3 Å². The van der Waals surface area contributed by atoms with Crippen molar-refractivity contribution < 1.29 is 14.6 Å². The predicted octanol–water partition coefficient (Wildman–Crippen LogP) is 4.88. The topological polar surface area (TPSA) is 70.6 Å². The van der Waals surface area contributed by atoms with Crippen LogP contribution in [0.4, 0.5) is 5.69 Å². The molecule has 2 aromatic rings. The Labute approximate surface area is 175 Å². The fourth-order valence-corrected chi connectivity index (χ4v) is 2.75. The van der Waals surface area contributed by atoms with Gasteiger partial charge in [-0.25, -0.2) is 0 Å². The molecule has 2 rings (SSSR count). The molecule has 0 atom stereocenters. The molecule has 0 heterocycles. The van der Waals surface area contributed by atoms with Crippen LogP contribution in [0.2, 0.25) is 5.02 Å². The van der Waals surface area contributed by atoms with Crippen LogP contribution in [0, 0.1) is 0 Å². The molecule has 148 valence electrons. The van der Waals surface area contributed by atoms with Crippen LogP contribution in [0.1, 0.15) is 31.9 Å². The van der Waals surface area contributed by atoms with Gasteiger partial charge >= 0.3 is 0 Å². The van der Waals surface area contributed by atoms with Gasteiger partial charge in [-0.1, -0.05) is 44.5 Å². The number of amides is 1. The van der Waals surface area contributed by atoms with Crippen molar-refractivity contribution in [2.45, 2.75) is 26.2 Å². The SMILES string of the molecule is COc1ccc(/C=C/C(=O)NC(=S)Nc2cc(C(C)(C)C)cc(Cl)c2O)cc1. The summed E-state index contributed by atoms with van der Waals surface area (Å²) in [4.78, 5) is 12.1. The standard InChI is InChI=1S/C21H23ClN2O3S/c1-21(2,3)14-11-16(22)19(26)17(12-14)23-20(28)24-18(25)10-7-13-5-8-15(27-4)9-6-13/h5-12,26H,1-4H3,(H2,23,24,25,28)/b10-7+. The van der Waals surface area contributed by atoms with E-state index in [1.54, 1.807) is 37.5 Å². The molecule has 0 aromatic heterocycles. The Kier molecular flexibility index (Phi) is 7.05. The van der Waals surface area contributed by atoms with Crippen molar-refractivity contribution in [1.82, 2.24) is 5.32 Å². The van der Waals surface area contributed by atoms with Crippen LogP contribution in [0.5, 0.6) is 11.5 Å². The maximum atomic E-state index is 12.1. The van der Waals surface area contributed by atoms with E-state index in [4.69, 9.17) is 28.6 Å². The van der Waals surface area contributed by atoms with Crippen molar-refractivity contribution in [3.8, 4) is 11.5 Å². The van der Waals surface area contributed by atoms with E-state index in [9.17, 15) is 9.90 Å². The summed E-state index contributed by atoms with van der Waals surface area (Å²) in [5.74, 6) is 0.217. The van der Waals surface area contributed by atoms with Gasteiger partial charge in [0.15, 0.2) is 10.9 Å². The largest absolute Gasteiger partial charge is 0.504 e. The molecule has 3 N–H and O–H groups in total. The number of aromatic hydroxyl groups is 1. The molecule has 28 heavy (non-hydrogen) atoms. The fourth-order valence-electron chi connectivity index (χ4n) is 2.32. The van der Waals surface area contributed by atoms with E-state index in [1.165, 1.54) is 6.08 Å². The summed E-state index contributed by atoms with van der Waals surface area (Å²) < 4.78 is 5.09. The van der Waals surface area contributed by atoms with Gasteiger partial charge in [0.1, 0.15) is 5.75 Å². The number of thiocarbonyl (C=S) groups is 1. The summed E-state index contributed by atoms with van der Waals surface area (Å²) >= 11 is 11.3. The van der Waals surface area contributed by atoms with Gasteiger partial charge in [-0.2, -0.15) is 0 Å². The third-order valence-corrected chi connectivity index (χ3v) is 4.45. The molecule has 0 bridgehead atoms. The molecule has 0 fully saturated rings. The summed E-state index contributed by atoms with van der Waals surface area (Å²) in [6.07, 6.45) is 3.03. The van der Waals surface area contributed by atoms with Gasteiger partial charge < -0.3 is 15.2 Å². The smallest absolute Gasteiger partial charge is 0.250 e. The number of anilines is 1. The van der Waals surface area contributed by atoms with Crippen molar-refractivity contribution in [3.63, 3.8) is 0 Å². The summed E-state index contributed by atoms with van der Waals surface area (Å²) in [6, 6.07) is 10.7. The zero-order chi connectivity index (χ0) is 20.9. The van der Waals surface area contributed by atoms with Crippen LogP contribution in [0.25, 0.3) is 6.08 Å². The average Bonchev–Trinajstić information content (AvgIpc) is 2.63. The molecule has 0 unspecified atom stereocenters. The maximum Gasteiger partial charge on any atom is 0.250 e. The first-order chi connectivity index (χ1) is 13.1. The van der Waals surface area contributed by atoms with Gasteiger partial charge in [0, 0.05) is 6.08 Å². The highest BCUT2D eigenvalue weighted by Crippen LogP contribution is 2.37. The molecule has 0 saturated carbocycles. The van der Waals surface area contributed by atoms with Crippen LogP contribution in [0.15, 0.2) is 42.5 Å². The van der Waals surface area contributed by atoms with Crippen LogP contribution in [-0.2, 0) is 10.2 Å². The highest BCUT2D eigenvalue weighted by molar-refractivity contribution is 7.80. The predicted molar refractivity (Wildman–Crippen MR) is 118 cm³/mol.